The topological polar surface area (TPSA) is 95.9 Å². The van der Waals surface area contributed by atoms with Crippen LogP contribution in [-0.2, 0) is 14.3 Å². The lowest BCUT2D eigenvalue weighted by molar-refractivity contribution is -0.143. The van der Waals surface area contributed by atoms with E-state index < -0.39 is 12.1 Å². The van der Waals surface area contributed by atoms with Gasteiger partial charge in [0.05, 0.1) is 25.4 Å². The lowest BCUT2D eigenvalue weighted by Crippen LogP contribution is -2.45. The Bertz CT molecular complexity index is 1240. The largest absolute Gasteiger partial charge is 0.466 e. The molecule has 0 aromatic rings. The van der Waals surface area contributed by atoms with Crippen LogP contribution in [-0.4, -0.2) is 47.4 Å². The first-order valence-electron chi connectivity index (χ1n) is 32.9. The van der Waals surface area contributed by atoms with Gasteiger partial charge in [-0.2, -0.15) is 0 Å². The average Bonchev–Trinajstić information content (AvgIpc) is 3.40. The Morgan fingerprint density at radius 2 is 0.676 bits per heavy atom. The molecule has 0 aliphatic heterocycles. The van der Waals surface area contributed by atoms with E-state index in [2.05, 4.69) is 55.6 Å². The van der Waals surface area contributed by atoms with Gasteiger partial charge in [0.15, 0.2) is 0 Å². The molecule has 1 amide bonds. The summed E-state index contributed by atoms with van der Waals surface area (Å²) in [5.74, 6) is -0.0621. The summed E-state index contributed by atoms with van der Waals surface area (Å²) in [6.45, 7) is 4.89. The number of esters is 1. The van der Waals surface area contributed by atoms with Gasteiger partial charge >= 0.3 is 5.97 Å². The van der Waals surface area contributed by atoms with Crippen LogP contribution < -0.4 is 5.32 Å². The van der Waals surface area contributed by atoms with Crippen molar-refractivity contribution in [2.45, 2.75) is 360 Å². The predicted molar refractivity (Wildman–Crippen MR) is 324 cm³/mol. The summed E-state index contributed by atoms with van der Waals surface area (Å²) in [7, 11) is 0. The third-order valence-corrected chi connectivity index (χ3v) is 15.1. The first-order chi connectivity index (χ1) is 36.5. The van der Waals surface area contributed by atoms with Crippen LogP contribution in [0.4, 0.5) is 0 Å². The van der Waals surface area contributed by atoms with Gasteiger partial charge < -0.3 is 20.3 Å². The number of allylic oxidation sites excluding steroid dienone is 7. The van der Waals surface area contributed by atoms with Crippen molar-refractivity contribution in [3.8, 4) is 0 Å². The summed E-state index contributed by atoms with van der Waals surface area (Å²) in [5.41, 5.74) is 0. The van der Waals surface area contributed by atoms with E-state index in [0.717, 1.165) is 51.4 Å². The van der Waals surface area contributed by atoms with Crippen LogP contribution in [0.2, 0.25) is 0 Å². The monoisotopic (exact) mass is 1040 g/mol. The SMILES string of the molecule is CCCCCCCCC/C=C\CCCCCCCCCC(=O)OCCCCCCCCCCC/C=C\C/C=C\CCCCCCCCCCCCCCCC(=O)NC(CO)C(O)/C=C/CCCCCCCCCC. The third kappa shape index (κ3) is 59.1. The fraction of sp³-hybridized carbons (Fsp3) is 0.853. The van der Waals surface area contributed by atoms with Crippen LogP contribution in [0.15, 0.2) is 48.6 Å². The lowest BCUT2D eigenvalue weighted by Gasteiger charge is -2.20. The summed E-state index contributed by atoms with van der Waals surface area (Å²) in [5, 5.41) is 23.0. The lowest BCUT2D eigenvalue weighted by atomic mass is 10.0. The fourth-order valence-corrected chi connectivity index (χ4v) is 10.0. The molecule has 0 aliphatic rings. The van der Waals surface area contributed by atoms with Crippen molar-refractivity contribution in [1.29, 1.82) is 0 Å². The number of unbranched alkanes of at least 4 members (excludes halogenated alkanes) is 44. The van der Waals surface area contributed by atoms with E-state index in [9.17, 15) is 19.8 Å². The molecule has 0 aliphatic carbocycles. The summed E-state index contributed by atoms with van der Waals surface area (Å²) in [6, 6.07) is -0.627. The van der Waals surface area contributed by atoms with Crippen LogP contribution in [0.1, 0.15) is 348 Å². The smallest absolute Gasteiger partial charge is 0.305 e. The second-order valence-corrected chi connectivity index (χ2v) is 22.4. The predicted octanol–water partition coefficient (Wildman–Crippen LogP) is 20.9. The standard InChI is InChI=1S/C68H127NO5/c1-3-5-7-9-11-13-15-16-17-18-33-36-39-42-46-50-54-58-62-68(73)74-63-59-55-51-47-43-40-37-34-31-29-27-25-23-21-19-20-22-24-26-28-30-32-35-38-41-45-49-53-57-61-67(72)69-65(64-70)66(71)60-56-52-48-44-14-12-10-8-6-4-2/h17-19,21,25,27,56,60,65-66,70-71H,3-16,20,22-24,26,28-55,57-59,61-64H2,1-2H3,(H,69,72)/b18-17-,21-19-,27-25-,60-56+. The number of rotatable bonds is 61. The van der Waals surface area contributed by atoms with Crippen molar-refractivity contribution in [1.82, 2.24) is 5.32 Å². The van der Waals surface area contributed by atoms with Crippen LogP contribution in [0.25, 0.3) is 0 Å². The van der Waals surface area contributed by atoms with Crippen LogP contribution in [0, 0.1) is 0 Å². The molecule has 0 saturated heterocycles. The minimum absolute atomic E-state index is 0.00858. The molecule has 0 heterocycles. The molecule has 0 aromatic heterocycles. The number of ether oxygens (including phenoxy) is 1. The molecule has 434 valence electrons. The third-order valence-electron chi connectivity index (χ3n) is 15.1. The maximum Gasteiger partial charge on any atom is 0.305 e. The van der Waals surface area contributed by atoms with Crippen LogP contribution in [0.3, 0.4) is 0 Å². The van der Waals surface area contributed by atoms with E-state index in [-0.39, 0.29) is 18.5 Å². The number of amides is 1. The summed E-state index contributed by atoms with van der Waals surface area (Å²) in [4.78, 5) is 24.5. The van der Waals surface area contributed by atoms with E-state index in [1.807, 2.05) is 6.08 Å². The van der Waals surface area contributed by atoms with Crippen molar-refractivity contribution < 1.29 is 24.5 Å². The number of carbonyl (C=O) groups is 2. The maximum atomic E-state index is 12.4. The highest BCUT2D eigenvalue weighted by Gasteiger charge is 2.18. The number of hydrogen-bond donors (Lipinski definition) is 3. The zero-order valence-electron chi connectivity index (χ0n) is 49.6. The van der Waals surface area contributed by atoms with Crippen molar-refractivity contribution in [3.05, 3.63) is 48.6 Å². The summed E-state index contributed by atoms with van der Waals surface area (Å²) < 4.78 is 5.50. The van der Waals surface area contributed by atoms with Gasteiger partial charge in [-0.05, 0) is 89.9 Å². The van der Waals surface area contributed by atoms with Gasteiger partial charge in [-0.3, -0.25) is 9.59 Å². The quantitative estimate of drug-likeness (QED) is 0.0320. The van der Waals surface area contributed by atoms with Gasteiger partial charge in [-0.25, -0.2) is 0 Å². The minimum atomic E-state index is -0.844. The molecular weight excluding hydrogens is 911 g/mol. The Kier molecular flexibility index (Phi) is 61.5. The highest BCUT2D eigenvalue weighted by atomic mass is 16.5. The van der Waals surface area contributed by atoms with Gasteiger partial charge in [0.2, 0.25) is 5.91 Å². The Labute approximate surface area is 461 Å². The normalized spacial score (nSPS) is 12.9. The Hall–Kier alpha value is -2.18. The van der Waals surface area contributed by atoms with Crippen molar-refractivity contribution in [2.24, 2.45) is 0 Å². The van der Waals surface area contributed by atoms with Gasteiger partial charge in [-0.1, -0.05) is 294 Å². The molecule has 2 atom stereocenters. The first kappa shape index (κ1) is 71.8. The number of aliphatic hydroxyl groups is 2. The van der Waals surface area contributed by atoms with Gasteiger partial charge in [0.25, 0.3) is 0 Å². The highest BCUT2D eigenvalue weighted by Crippen LogP contribution is 2.17. The Morgan fingerprint density at radius 1 is 0.378 bits per heavy atom. The molecule has 0 radical (unpaired) electrons. The van der Waals surface area contributed by atoms with Gasteiger partial charge in [-0.15, -0.1) is 0 Å². The van der Waals surface area contributed by atoms with Crippen molar-refractivity contribution in [3.63, 3.8) is 0 Å². The number of aliphatic hydroxyl groups excluding tert-OH is 2. The van der Waals surface area contributed by atoms with Crippen LogP contribution >= 0.6 is 0 Å². The number of nitrogens with one attached hydrogen (secondary N) is 1. The van der Waals surface area contributed by atoms with Gasteiger partial charge in [0.1, 0.15) is 0 Å². The highest BCUT2D eigenvalue weighted by molar-refractivity contribution is 5.76. The number of hydrogen-bond acceptors (Lipinski definition) is 5. The molecule has 0 aromatic carbocycles. The number of carbonyl (C=O) groups excluding carboxylic acids is 2. The van der Waals surface area contributed by atoms with E-state index in [0.29, 0.717) is 19.4 Å². The molecule has 2 unspecified atom stereocenters. The zero-order valence-corrected chi connectivity index (χ0v) is 49.6. The summed E-state index contributed by atoms with van der Waals surface area (Å²) >= 11 is 0. The van der Waals surface area contributed by atoms with Crippen LogP contribution in [0.5, 0.6) is 0 Å². The van der Waals surface area contributed by atoms with E-state index >= 15 is 0 Å². The van der Waals surface area contributed by atoms with Crippen molar-refractivity contribution in [2.75, 3.05) is 13.2 Å². The second kappa shape index (κ2) is 63.4. The van der Waals surface area contributed by atoms with E-state index in [4.69, 9.17) is 4.74 Å². The molecule has 0 saturated carbocycles. The zero-order chi connectivity index (χ0) is 53.6. The van der Waals surface area contributed by atoms with Crippen molar-refractivity contribution >= 4 is 11.9 Å². The van der Waals surface area contributed by atoms with Gasteiger partial charge in [0, 0.05) is 12.8 Å². The molecule has 0 bridgehead atoms. The Balaban J connectivity index is 3.39. The maximum absolute atomic E-state index is 12.4. The minimum Gasteiger partial charge on any atom is -0.466 e. The summed E-state index contributed by atoms with van der Waals surface area (Å²) in [6.07, 6.45) is 81.8. The molecule has 74 heavy (non-hydrogen) atoms. The molecule has 3 N–H and O–H groups in total. The first-order valence-corrected chi connectivity index (χ1v) is 32.9. The molecule has 0 fully saturated rings. The van der Waals surface area contributed by atoms with E-state index in [1.165, 1.54) is 270 Å². The second-order valence-electron chi connectivity index (χ2n) is 22.4. The fourth-order valence-electron chi connectivity index (χ4n) is 10.0. The molecule has 6 nitrogen and oxygen atoms in total. The average molecular weight is 1040 g/mol. The molecule has 0 rings (SSSR count). The Morgan fingerprint density at radius 3 is 1.04 bits per heavy atom. The molecule has 6 heteroatoms. The molecule has 0 spiro atoms. The molecular formula is C68H127NO5. The van der Waals surface area contributed by atoms with E-state index in [1.54, 1.807) is 6.08 Å².